The lowest BCUT2D eigenvalue weighted by molar-refractivity contribution is -0.384. The Morgan fingerprint density at radius 2 is 1.54 bits per heavy atom. The van der Waals surface area contributed by atoms with Gasteiger partial charge < -0.3 is 4.90 Å². The van der Waals surface area contributed by atoms with Gasteiger partial charge in [0.1, 0.15) is 0 Å². The van der Waals surface area contributed by atoms with Crippen molar-refractivity contribution in [2.24, 2.45) is 0 Å². The first-order valence-corrected chi connectivity index (χ1v) is 8.24. The summed E-state index contributed by atoms with van der Waals surface area (Å²) in [6.07, 6.45) is 3.84. The van der Waals surface area contributed by atoms with E-state index in [1.54, 1.807) is 19.1 Å². The van der Waals surface area contributed by atoms with E-state index in [2.05, 4.69) is 6.58 Å². The second-order valence-electron chi connectivity index (χ2n) is 6.20. The number of carbonyl (C=O) groups excluding carboxylic acids is 1. The molecule has 2 rings (SSSR count). The fraction of sp³-hybridized carbons (Fsp3) is 0.190. The van der Waals surface area contributed by atoms with Gasteiger partial charge >= 0.3 is 0 Å². The van der Waals surface area contributed by atoms with Crippen LogP contribution in [0, 0.1) is 10.1 Å². The Bertz CT molecular complexity index is 837. The van der Waals surface area contributed by atoms with Gasteiger partial charge in [0, 0.05) is 24.9 Å². The number of nitro benzene ring substituents is 1. The highest BCUT2D eigenvalue weighted by Gasteiger charge is 2.18. The lowest BCUT2D eigenvalue weighted by atomic mass is 10.1. The van der Waals surface area contributed by atoms with Gasteiger partial charge in [0.05, 0.1) is 11.0 Å². The molecule has 1 atom stereocenters. The molecular formula is C21H22N2O3. The molecule has 5 nitrogen and oxygen atoms in total. The molecule has 0 radical (unpaired) electrons. The Kier molecular flexibility index (Phi) is 6.07. The summed E-state index contributed by atoms with van der Waals surface area (Å²) in [6.45, 7) is 7.29. The summed E-state index contributed by atoms with van der Waals surface area (Å²) in [5.74, 6) is 0.0228. The van der Waals surface area contributed by atoms with E-state index in [1.165, 1.54) is 12.1 Å². The fourth-order valence-corrected chi connectivity index (χ4v) is 2.48. The van der Waals surface area contributed by atoms with Crippen molar-refractivity contribution in [1.29, 1.82) is 0 Å². The summed E-state index contributed by atoms with van der Waals surface area (Å²) in [5, 5.41) is 10.7. The average molecular weight is 350 g/mol. The molecule has 2 aromatic carbocycles. The summed E-state index contributed by atoms with van der Waals surface area (Å²) < 4.78 is 0. The molecule has 0 amide bonds. The van der Waals surface area contributed by atoms with E-state index in [0.29, 0.717) is 5.57 Å². The molecule has 1 unspecified atom stereocenters. The first kappa shape index (κ1) is 19.1. The highest BCUT2D eigenvalue weighted by Crippen LogP contribution is 2.19. The van der Waals surface area contributed by atoms with Crippen molar-refractivity contribution in [2.75, 3.05) is 11.9 Å². The van der Waals surface area contributed by atoms with Gasteiger partial charge in [0.2, 0.25) is 0 Å². The minimum absolute atomic E-state index is 0.0228. The predicted octanol–water partition coefficient (Wildman–Crippen LogP) is 4.74. The van der Waals surface area contributed by atoms with Crippen LogP contribution in [0.5, 0.6) is 0 Å². The van der Waals surface area contributed by atoms with E-state index in [1.807, 2.05) is 55.3 Å². The van der Waals surface area contributed by atoms with Gasteiger partial charge in [-0.25, -0.2) is 0 Å². The van der Waals surface area contributed by atoms with Gasteiger partial charge in [0.15, 0.2) is 5.78 Å². The Labute approximate surface area is 153 Å². The molecular weight excluding hydrogens is 328 g/mol. The minimum atomic E-state index is -0.414. The Hall–Kier alpha value is -3.21. The topological polar surface area (TPSA) is 63.5 Å². The number of hydrogen-bond acceptors (Lipinski definition) is 4. The van der Waals surface area contributed by atoms with Crippen LogP contribution in [0.25, 0.3) is 12.2 Å². The predicted molar refractivity (Wildman–Crippen MR) is 106 cm³/mol. The molecule has 26 heavy (non-hydrogen) atoms. The zero-order valence-corrected chi connectivity index (χ0v) is 15.2. The van der Waals surface area contributed by atoms with Gasteiger partial charge in [-0.05, 0) is 54.8 Å². The molecule has 0 aromatic heterocycles. The maximum absolute atomic E-state index is 12.1. The molecule has 0 aliphatic heterocycles. The number of nitro groups is 1. The number of non-ortho nitro benzene ring substituents is 1. The highest BCUT2D eigenvalue weighted by molar-refractivity contribution is 6.00. The maximum atomic E-state index is 12.1. The van der Waals surface area contributed by atoms with Crippen LogP contribution in [0.4, 0.5) is 11.4 Å². The summed E-state index contributed by atoms with van der Waals surface area (Å²) in [7, 11) is 1.88. The third-order valence-corrected chi connectivity index (χ3v) is 4.25. The number of nitrogens with zero attached hydrogens (tertiary/aromatic N) is 2. The van der Waals surface area contributed by atoms with Crippen LogP contribution in [0.1, 0.15) is 25.0 Å². The molecule has 0 saturated carbocycles. The lowest BCUT2D eigenvalue weighted by Gasteiger charge is -2.26. The average Bonchev–Trinajstić information content (AvgIpc) is 2.65. The monoisotopic (exact) mass is 350 g/mol. The Balaban J connectivity index is 2.08. The van der Waals surface area contributed by atoms with Crippen LogP contribution in [-0.4, -0.2) is 23.8 Å². The number of anilines is 1. The molecule has 5 heteroatoms. The van der Waals surface area contributed by atoms with Crippen molar-refractivity contribution in [3.63, 3.8) is 0 Å². The zero-order chi connectivity index (χ0) is 19.3. The van der Waals surface area contributed by atoms with E-state index in [9.17, 15) is 14.9 Å². The summed E-state index contributed by atoms with van der Waals surface area (Å²) in [5.41, 5.74) is 3.46. The van der Waals surface area contributed by atoms with Crippen molar-refractivity contribution in [3.8, 4) is 0 Å². The van der Waals surface area contributed by atoms with E-state index in [4.69, 9.17) is 0 Å². The van der Waals surface area contributed by atoms with Crippen molar-refractivity contribution in [3.05, 3.63) is 81.9 Å². The molecule has 2 aromatic rings. The molecule has 0 aliphatic rings. The van der Waals surface area contributed by atoms with Crippen molar-refractivity contribution in [1.82, 2.24) is 0 Å². The van der Waals surface area contributed by atoms with Gasteiger partial charge in [-0.2, -0.15) is 0 Å². The fourth-order valence-electron chi connectivity index (χ4n) is 2.48. The number of Topliss-reactive ketones (excluding diaryl/α,β-unsaturated/α-hetero) is 1. The van der Waals surface area contributed by atoms with Gasteiger partial charge in [-0.1, -0.05) is 30.9 Å². The summed E-state index contributed by atoms with van der Waals surface area (Å²) in [4.78, 5) is 24.2. The number of carbonyl (C=O) groups is 1. The standard InChI is InChI=1S/C21H22N2O3/c1-15(2)21(24)16(3)22(4)19-11-7-17(8-12-19)5-6-18-9-13-20(14-10-18)23(25)26/h5-14,16H,1H2,2-4H3. The molecule has 0 bridgehead atoms. The van der Waals surface area contributed by atoms with Gasteiger partial charge in [0.25, 0.3) is 5.69 Å². The van der Waals surface area contributed by atoms with Crippen LogP contribution in [-0.2, 0) is 4.79 Å². The maximum Gasteiger partial charge on any atom is 0.269 e. The van der Waals surface area contributed by atoms with Crippen LogP contribution >= 0.6 is 0 Å². The molecule has 134 valence electrons. The van der Waals surface area contributed by atoms with Crippen molar-refractivity contribution >= 4 is 29.3 Å². The highest BCUT2D eigenvalue weighted by atomic mass is 16.6. The number of likely N-dealkylation sites (N-methyl/N-ethyl adjacent to an activating group) is 1. The normalized spacial score (nSPS) is 12.0. The lowest BCUT2D eigenvalue weighted by Crippen LogP contribution is -2.36. The number of benzene rings is 2. The number of rotatable bonds is 7. The molecule has 0 N–H and O–H groups in total. The van der Waals surface area contributed by atoms with Crippen LogP contribution in [0.3, 0.4) is 0 Å². The van der Waals surface area contributed by atoms with Gasteiger partial charge in [-0.3, -0.25) is 14.9 Å². The summed E-state index contributed by atoms with van der Waals surface area (Å²) >= 11 is 0. The second kappa shape index (κ2) is 8.25. The minimum Gasteiger partial charge on any atom is -0.364 e. The number of ketones is 1. The van der Waals surface area contributed by atoms with Crippen molar-refractivity contribution < 1.29 is 9.72 Å². The number of hydrogen-bond donors (Lipinski definition) is 0. The van der Waals surface area contributed by atoms with E-state index >= 15 is 0 Å². The third-order valence-electron chi connectivity index (χ3n) is 4.25. The van der Waals surface area contributed by atoms with Crippen LogP contribution in [0.2, 0.25) is 0 Å². The van der Waals surface area contributed by atoms with Gasteiger partial charge in [-0.15, -0.1) is 0 Å². The van der Waals surface area contributed by atoms with E-state index < -0.39 is 4.92 Å². The van der Waals surface area contributed by atoms with Crippen molar-refractivity contribution in [2.45, 2.75) is 19.9 Å². The van der Waals surface area contributed by atoms with E-state index in [-0.39, 0.29) is 17.5 Å². The largest absolute Gasteiger partial charge is 0.364 e. The summed E-state index contributed by atoms with van der Waals surface area (Å²) in [6, 6.07) is 14.0. The first-order valence-electron chi connectivity index (χ1n) is 8.24. The smallest absolute Gasteiger partial charge is 0.269 e. The third kappa shape index (κ3) is 4.66. The van der Waals surface area contributed by atoms with E-state index in [0.717, 1.165) is 16.8 Å². The SMILES string of the molecule is C=C(C)C(=O)C(C)N(C)c1ccc(C=Cc2ccc([N+](=O)[O-])cc2)cc1. The molecule has 0 spiro atoms. The quantitative estimate of drug-likeness (QED) is 0.313. The molecule has 0 heterocycles. The van der Waals surface area contributed by atoms with Crippen LogP contribution in [0.15, 0.2) is 60.7 Å². The molecule has 0 saturated heterocycles. The van der Waals surface area contributed by atoms with Crippen LogP contribution < -0.4 is 4.90 Å². The Morgan fingerprint density at radius 1 is 1.08 bits per heavy atom. The molecule has 0 aliphatic carbocycles. The Morgan fingerprint density at radius 3 is 1.96 bits per heavy atom. The first-order chi connectivity index (χ1) is 12.3. The molecule has 0 fully saturated rings. The second-order valence-corrected chi connectivity index (χ2v) is 6.20. The zero-order valence-electron chi connectivity index (χ0n) is 15.2.